The summed E-state index contributed by atoms with van der Waals surface area (Å²) in [5.41, 5.74) is 3.56. The third-order valence-corrected chi connectivity index (χ3v) is 3.57. The Balaban J connectivity index is 1.96. The van der Waals surface area contributed by atoms with E-state index in [4.69, 9.17) is 0 Å². The summed E-state index contributed by atoms with van der Waals surface area (Å²) >= 11 is 0. The molecule has 1 aliphatic carbocycles. The van der Waals surface area contributed by atoms with Crippen molar-refractivity contribution in [2.24, 2.45) is 0 Å². The van der Waals surface area contributed by atoms with Gasteiger partial charge in [0.05, 0.1) is 0 Å². The van der Waals surface area contributed by atoms with Gasteiger partial charge in [0.2, 0.25) is 0 Å². The monoisotopic (exact) mass is 250 g/mol. The molecule has 0 aromatic heterocycles. The minimum absolute atomic E-state index is 0.0152. The molecule has 0 aliphatic heterocycles. The zero-order chi connectivity index (χ0) is 13.2. The van der Waals surface area contributed by atoms with Gasteiger partial charge in [0, 0.05) is 24.0 Å². The van der Waals surface area contributed by atoms with E-state index in [-0.39, 0.29) is 11.6 Å². The molecule has 0 amide bonds. The molecule has 0 fully saturated rings. The maximum Gasteiger partial charge on any atom is 0.193 e. The first-order chi connectivity index (χ1) is 9.24. The number of Topliss-reactive ketones (excluding diaryl/α,β-unsaturated/α-hetero) is 1. The molecule has 19 heavy (non-hydrogen) atoms. The number of carbonyl (C=O) groups excluding carboxylic acids is 2. The Bertz CT molecular complexity index is 642. The second kappa shape index (κ2) is 4.81. The van der Waals surface area contributed by atoms with Crippen molar-refractivity contribution < 1.29 is 9.59 Å². The molecule has 0 heterocycles. The molecule has 0 radical (unpaired) electrons. The second-order valence-electron chi connectivity index (χ2n) is 4.89. The fourth-order valence-corrected chi connectivity index (χ4v) is 2.51. The topological polar surface area (TPSA) is 34.1 Å². The molecule has 0 spiro atoms. The van der Waals surface area contributed by atoms with Crippen LogP contribution in [0.2, 0.25) is 0 Å². The second-order valence-corrected chi connectivity index (χ2v) is 4.89. The van der Waals surface area contributed by atoms with Gasteiger partial charge in [-0.2, -0.15) is 0 Å². The van der Waals surface area contributed by atoms with E-state index in [0.717, 1.165) is 12.0 Å². The molecule has 2 nitrogen and oxygen atoms in total. The van der Waals surface area contributed by atoms with Crippen molar-refractivity contribution in [1.82, 2.24) is 0 Å². The lowest BCUT2D eigenvalue weighted by Crippen LogP contribution is -2.14. The van der Waals surface area contributed by atoms with Crippen molar-refractivity contribution in [2.45, 2.75) is 19.3 Å². The first-order valence-corrected chi connectivity index (χ1v) is 6.47. The number of rotatable bonds is 2. The fraction of sp³-hybridized carbons (Fsp3) is 0.176. The summed E-state index contributed by atoms with van der Waals surface area (Å²) < 4.78 is 0. The number of benzene rings is 2. The average molecular weight is 250 g/mol. The van der Waals surface area contributed by atoms with Gasteiger partial charge < -0.3 is 0 Å². The molecule has 2 aromatic rings. The number of aryl methyl sites for hydroxylation is 1. The van der Waals surface area contributed by atoms with Gasteiger partial charge in [0.25, 0.3) is 0 Å². The van der Waals surface area contributed by atoms with Gasteiger partial charge in [-0.1, -0.05) is 42.5 Å². The predicted molar refractivity (Wildman–Crippen MR) is 73.3 cm³/mol. The lowest BCUT2D eigenvalue weighted by Gasteiger charge is -2.15. The van der Waals surface area contributed by atoms with E-state index < -0.39 is 0 Å². The number of hydrogen-bond acceptors (Lipinski definition) is 2. The largest absolute Gasteiger partial charge is 0.299 e. The molecule has 2 heteroatoms. The predicted octanol–water partition coefficient (Wildman–Crippen LogP) is 2.98. The van der Waals surface area contributed by atoms with E-state index in [1.165, 1.54) is 5.56 Å². The molecular weight excluding hydrogens is 236 g/mol. The van der Waals surface area contributed by atoms with Gasteiger partial charge in [-0.05, 0) is 23.6 Å². The molecular formula is C17H14O2. The molecule has 2 aromatic carbocycles. The van der Waals surface area contributed by atoms with Crippen molar-refractivity contribution >= 4 is 11.6 Å². The average Bonchev–Trinajstić information content (AvgIpc) is 2.46. The Kier molecular flexibility index (Phi) is 3.00. The summed E-state index contributed by atoms with van der Waals surface area (Å²) in [7, 11) is 0. The maximum atomic E-state index is 12.3. The molecule has 0 N–H and O–H groups in total. The Hall–Kier alpha value is -2.22. The molecule has 94 valence electrons. The third-order valence-electron chi connectivity index (χ3n) is 3.57. The highest BCUT2D eigenvalue weighted by molar-refractivity contribution is 6.09. The zero-order valence-corrected chi connectivity index (χ0v) is 10.6. The highest BCUT2D eigenvalue weighted by Crippen LogP contribution is 2.22. The van der Waals surface area contributed by atoms with Crippen LogP contribution in [0.5, 0.6) is 0 Å². The van der Waals surface area contributed by atoms with Crippen LogP contribution >= 0.6 is 0 Å². The zero-order valence-electron chi connectivity index (χ0n) is 10.6. The Morgan fingerprint density at radius 2 is 1.63 bits per heavy atom. The van der Waals surface area contributed by atoms with E-state index in [1.807, 2.05) is 48.5 Å². The van der Waals surface area contributed by atoms with Crippen LogP contribution in [-0.2, 0) is 17.6 Å². The Labute approximate surface area is 112 Å². The van der Waals surface area contributed by atoms with E-state index in [2.05, 4.69) is 0 Å². The van der Waals surface area contributed by atoms with Crippen LogP contribution in [0.15, 0.2) is 48.5 Å². The Morgan fingerprint density at radius 1 is 0.842 bits per heavy atom. The Morgan fingerprint density at radius 3 is 2.42 bits per heavy atom. The first-order valence-electron chi connectivity index (χ1n) is 6.47. The molecule has 0 atom stereocenters. The van der Waals surface area contributed by atoms with Crippen LogP contribution in [0.4, 0.5) is 0 Å². The molecule has 1 aliphatic rings. The quantitative estimate of drug-likeness (QED) is 0.768. The minimum atomic E-state index is 0.0152. The summed E-state index contributed by atoms with van der Waals surface area (Å²) in [6, 6.07) is 15.0. The van der Waals surface area contributed by atoms with Gasteiger partial charge in [-0.25, -0.2) is 0 Å². The minimum Gasteiger partial charge on any atom is -0.299 e. The lowest BCUT2D eigenvalue weighted by molar-refractivity contribution is -0.118. The normalized spacial score (nSPS) is 14.0. The highest BCUT2D eigenvalue weighted by atomic mass is 16.1. The van der Waals surface area contributed by atoms with E-state index >= 15 is 0 Å². The van der Waals surface area contributed by atoms with Gasteiger partial charge in [0.1, 0.15) is 5.78 Å². The molecule has 0 saturated carbocycles. The van der Waals surface area contributed by atoms with Crippen LogP contribution in [0, 0.1) is 0 Å². The summed E-state index contributed by atoms with van der Waals surface area (Å²) in [6.45, 7) is 0. The van der Waals surface area contributed by atoms with E-state index in [9.17, 15) is 9.59 Å². The summed E-state index contributed by atoms with van der Waals surface area (Å²) in [4.78, 5) is 23.8. The molecule has 0 bridgehead atoms. The maximum absolute atomic E-state index is 12.3. The number of hydrogen-bond donors (Lipinski definition) is 0. The van der Waals surface area contributed by atoms with Crippen molar-refractivity contribution in [3.8, 4) is 0 Å². The molecule has 0 saturated heterocycles. The first kappa shape index (κ1) is 11.8. The SMILES string of the molecule is O=C1CCc2ccc(C(=O)c3ccccc3)cc2C1. The van der Waals surface area contributed by atoms with Crippen molar-refractivity contribution in [3.63, 3.8) is 0 Å². The summed E-state index contributed by atoms with van der Waals surface area (Å²) in [6.07, 6.45) is 1.89. The van der Waals surface area contributed by atoms with Crippen molar-refractivity contribution in [2.75, 3.05) is 0 Å². The van der Waals surface area contributed by atoms with Crippen LogP contribution in [0.25, 0.3) is 0 Å². The van der Waals surface area contributed by atoms with Gasteiger partial charge >= 0.3 is 0 Å². The van der Waals surface area contributed by atoms with Gasteiger partial charge in [0.15, 0.2) is 5.78 Å². The third kappa shape index (κ3) is 2.34. The van der Waals surface area contributed by atoms with Crippen molar-refractivity contribution in [1.29, 1.82) is 0 Å². The van der Waals surface area contributed by atoms with Crippen molar-refractivity contribution in [3.05, 3.63) is 70.8 Å². The van der Waals surface area contributed by atoms with Crippen LogP contribution in [0.1, 0.15) is 33.5 Å². The molecule has 0 unspecified atom stereocenters. The summed E-state index contributed by atoms with van der Waals surface area (Å²) in [5, 5.41) is 0. The lowest BCUT2D eigenvalue weighted by atomic mass is 9.88. The van der Waals surface area contributed by atoms with Crippen LogP contribution in [-0.4, -0.2) is 11.6 Å². The number of fused-ring (bicyclic) bond motifs is 1. The fourth-order valence-electron chi connectivity index (χ4n) is 2.51. The van der Waals surface area contributed by atoms with Crippen LogP contribution in [0.3, 0.4) is 0 Å². The smallest absolute Gasteiger partial charge is 0.193 e. The van der Waals surface area contributed by atoms with E-state index in [0.29, 0.717) is 24.0 Å². The van der Waals surface area contributed by atoms with Gasteiger partial charge in [-0.3, -0.25) is 9.59 Å². The van der Waals surface area contributed by atoms with Crippen LogP contribution < -0.4 is 0 Å². The number of ketones is 2. The van der Waals surface area contributed by atoms with Gasteiger partial charge in [-0.15, -0.1) is 0 Å². The van der Waals surface area contributed by atoms with E-state index in [1.54, 1.807) is 0 Å². The number of carbonyl (C=O) groups is 2. The highest BCUT2D eigenvalue weighted by Gasteiger charge is 2.17. The standard InChI is InChI=1S/C17H14O2/c18-16-9-8-12-6-7-14(10-15(12)11-16)17(19)13-4-2-1-3-5-13/h1-7,10H,8-9,11H2. The summed E-state index contributed by atoms with van der Waals surface area (Å²) in [5.74, 6) is 0.276. The molecule has 3 rings (SSSR count).